The highest BCUT2D eigenvalue weighted by Crippen LogP contribution is 2.42. The highest BCUT2D eigenvalue weighted by Gasteiger charge is 2.44. The Morgan fingerprint density at radius 3 is 2.49 bits per heavy atom. The molecule has 15 nitrogen and oxygen atoms in total. The molecule has 6 unspecified atom stereocenters. The van der Waals surface area contributed by atoms with Gasteiger partial charge in [-0.25, -0.2) is 5.43 Å². The van der Waals surface area contributed by atoms with Crippen molar-refractivity contribution >= 4 is 41.3 Å². The van der Waals surface area contributed by atoms with Crippen molar-refractivity contribution in [3.8, 4) is 22.4 Å². The summed E-state index contributed by atoms with van der Waals surface area (Å²) in [4.78, 5) is 70.4. The molecule has 4 aliphatic rings. The molecule has 2 amide bonds. The van der Waals surface area contributed by atoms with Crippen LogP contribution in [0.1, 0.15) is 83.7 Å². The van der Waals surface area contributed by atoms with Gasteiger partial charge in [-0.15, -0.1) is 0 Å². The second kappa shape index (κ2) is 24.0. The number of nitrogens with zero attached hydrogens (tertiary/aromatic N) is 5. The first-order valence-electron chi connectivity index (χ1n) is 24.7. The van der Waals surface area contributed by atoms with Crippen LogP contribution in [0, 0.1) is 17.3 Å². The number of aldehydes is 2. The van der Waals surface area contributed by atoms with Gasteiger partial charge in [0.15, 0.2) is 0 Å². The van der Waals surface area contributed by atoms with Crippen LogP contribution in [0.5, 0.6) is 0 Å². The summed E-state index contributed by atoms with van der Waals surface area (Å²) in [5.41, 5.74) is 10.9. The van der Waals surface area contributed by atoms with Crippen molar-refractivity contribution in [1.29, 1.82) is 0 Å². The summed E-state index contributed by atoms with van der Waals surface area (Å²) in [7, 11) is 7.52. The Balaban J connectivity index is 0.000000455. The summed E-state index contributed by atoms with van der Waals surface area (Å²) >= 11 is 0. The van der Waals surface area contributed by atoms with Crippen molar-refractivity contribution in [2.75, 3.05) is 54.6 Å². The molecule has 0 spiro atoms. The zero-order valence-electron chi connectivity index (χ0n) is 42.9. The Morgan fingerprint density at radius 1 is 1.07 bits per heavy atom. The molecule has 7 atom stereocenters. The van der Waals surface area contributed by atoms with E-state index in [1.165, 1.54) is 11.1 Å². The molecule has 0 radical (unpaired) electrons. The van der Waals surface area contributed by atoms with E-state index in [1.54, 1.807) is 7.11 Å². The minimum atomic E-state index is -0.859. The van der Waals surface area contributed by atoms with Crippen LogP contribution in [-0.2, 0) is 57.6 Å². The van der Waals surface area contributed by atoms with Gasteiger partial charge in [-0.3, -0.25) is 39.0 Å². The van der Waals surface area contributed by atoms with Gasteiger partial charge in [0.05, 0.1) is 42.2 Å². The van der Waals surface area contributed by atoms with Crippen molar-refractivity contribution in [3.63, 3.8) is 0 Å². The van der Waals surface area contributed by atoms with Gasteiger partial charge in [-0.2, -0.15) is 0 Å². The van der Waals surface area contributed by atoms with E-state index in [4.69, 9.17) is 24.0 Å². The number of allylic oxidation sites excluding steroid dienone is 1. The minimum absolute atomic E-state index is 0.0279. The molecule has 3 fully saturated rings. The molecule has 6 bridgehead atoms. The molecular weight excluding hydrogens is 887 g/mol. The zero-order valence-corrected chi connectivity index (χ0v) is 42.9. The van der Waals surface area contributed by atoms with Gasteiger partial charge in [0.1, 0.15) is 24.7 Å². The number of benzene rings is 2. The molecule has 2 N–H and O–H groups in total. The normalized spacial score (nSPS) is 23.2. The number of fused-ring (bicyclic) bond motifs is 7. The largest absolute Gasteiger partial charge is 0.464 e. The number of hydrazine groups is 1. The van der Waals surface area contributed by atoms with Gasteiger partial charge in [-0.1, -0.05) is 64.6 Å². The Morgan fingerprint density at radius 2 is 1.81 bits per heavy atom. The topological polar surface area (TPSA) is 165 Å². The zero-order chi connectivity index (χ0) is 50.9. The summed E-state index contributed by atoms with van der Waals surface area (Å²) in [6.07, 6.45) is 7.81. The fourth-order valence-electron chi connectivity index (χ4n) is 10.5. The number of pyridine rings is 1. The van der Waals surface area contributed by atoms with Crippen LogP contribution in [0.25, 0.3) is 33.3 Å². The molecule has 8 rings (SSSR count). The molecule has 4 aliphatic heterocycles. The maximum Gasteiger partial charge on any atom is 0.324 e. The van der Waals surface area contributed by atoms with Crippen LogP contribution in [0.2, 0.25) is 0 Å². The Labute approximate surface area is 414 Å². The summed E-state index contributed by atoms with van der Waals surface area (Å²) in [5.74, 6) is -0.740. The van der Waals surface area contributed by atoms with Gasteiger partial charge >= 0.3 is 5.97 Å². The van der Waals surface area contributed by atoms with Crippen LogP contribution in [-0.4, -0.2) is 140 Å². The molecule has 70 heavy (non-hydrogen) atoms. The minimum Gasteiger partial charge on any atom is -0.464 e. The lowest BCUT2D eigenvalue weighted by atomic mass is 9.84. The number of esters is 1. The fraction of sp³-hybridized carbons (Fsp3) is 0.527. The van der Waals surface area contributed by atoms with Gasteiger partial charge in [0, 0.05) is 73.9 Å². The number of hydrogen-bond acceptors (Lipinski definition) is 12. The van der Waals surface area contributed by atoms with Crippen LogP contribution in [0.4, 0.5) is 0 Å². The Kier molecular flexibility index (Phi) is 18.5. The van der Waals surface area contributed by atoms with E-state index in [2.05, 4.69) is 91.0 Å². The summed E-state index contributed by atoms with van der Waals surface area (Å²) in [6, 6.07) is 17.5. The highest BCUT2D eigenvalue weighted by atomic mass is 16.5. The number of hydrogen-bond donors (Lipinski definition) is 2. The van der Waals surface area contributed by atoms with Gasteiger partial charge in [-0.05, 0) is 119 Å². The molecule has 4 aromatic rings. The van der Waals surface area contributed by atoms with Crippen molar-refractivity contribution in [2.24, 2.45) is 17.3 Å². The standard InChI is InChI=1S/C44H58N6O5.C8H13NO2.C3H4O/c1-10-49-37-19-18-31-24-33(37)34(40(49)32-16-12-20-45-38(32)28(4)54-9)25-44(5,6)26-55-43(53)35-17-13-21-50(47-35)42(52)36(23-29-14-11-15-30(31)22-29)46-41(51)39(27(2)3)48(7)8;1-9-4-6(5-10)8-7(9)2-3-11-8;1-2-3-4/h11-12,14-16,18-20,22,24,27-28,35-36,39,47H,10,13,17,21,23,25-26H2,1-9H3,(H,46,51);5-8H,2-4H2,1H3;2-3H,1H2/t28?,35-,36?,39?;;/m0../s1. The number of ether oxygens (including phenoxy) is 3. The summed E-state index contributed by atoms with van der Waals surface area (Å²) in [6.45, 7) is 18.6. The number of amides is 2. The van der Waals surface area contributed by atoms with Crippen LogP contribution in [0.3, 0.4) is 0 Å². The van der Waals surface area contributed by atoms with E-state index in [-0.39, 0.29) is 48.9 Å². The Bertz CT molecular complexity index is 2470. The van der Waals surface area contributed by atoms with Gasteiger partial charge in [0.25, 0.3) is 5.91 Å². The summed E-state index contributed by atoms with van der Waals surface area (Å²) in [5, 5.41) is 5.73. The van der Waals surface area contributed by atoms with Crippen LogP contribution in [0.15, 0.2) is 73.4 Å². The van der Waals surface area contributed by atoms with E-state index in [1.807, 2.05) is 64.2 Å². The molecule has 0 saturated carbocycles. The highest BCUT2D eigenvalue weighted by molar-refractivity contribution is 5.95. The summed E-state index contributed by atoms with van der Waals surface area (Å²) < 4.78 is 19.7. The average Bonchev–Trinajstić information content (AvgIpc) is 4.05. The van der Waals surface area contributed by atoms with Crippen molar-refractivity contribution in [3.05, 3.63) is 90.3 Å². The number of aromatic nitrogens is 2. The maximum absolute atomic E-state index is 14.3. The number of carbonyl (C=O) groups excluding carboxylic acids is 5. The van der Waals surface area contributed by atoms with E-state index in [9.17, 15) is 19.2 Å². The second-order valence-electron chi connectivity index (χ2n) is 20.3. The van der Waals surface area contributed by atoms with Crippen molar-refractivity contribution < 1.29 is 38.2 Å². The molecule has 378 valence electrons. The number of methoxy groups -OCH3 is 1. The third-order valence-electron chi connectivity index (χ3n) is 13.9. The van der Waals surface area contributed by atoms with Crippen LogP contribution < -0.4 is 10.7 Å². The van der Waals surface area contributed by atoms with E-state index in [0.29, 0.717) is 38.1 Å². The SMILES string of the molecule is C=CC=O.CCn1c(-c2cccnc2C(C)OC)c2c3cc(ccc31)-c1cccc(c1)CC(NC(=O)C(C(C)C)N(C)C)C(=O)N1CCC[C@H](N1)C(=O)OCC(C)(C)C2.CN1CC(C=O)C2OCCC21. The van der Waals surface area contributed by atoms with E-state index >= 15 is 0 Å². The Hall–Kier alpha value is -5.58. The second-order valence-corrected chi connectivity index (χ2v) is 20.3. The number of cyclic esters (lactones) is 1. The number of likely N-dealkylation sites (N-methyl/N-ethyl adjacent to an activating group) is 2. The monoisotopic (exact) mass is 962 g/mol. The number of aryl methyl sites for hydroxylation is 1. The molecule has 2 aromatic carbocycles. The first kappa shape index (κ1) is 53.8. The molecule has 15 heteroatoms. The maximum atomic E-state index is 14.3. The number of likely N-dealkylation sites (tertiary alicyclic amines) is 1. The fourth-order valence-corrected chi connectivity index (χ4v) is 10.5. The van der Waals surface area contributed by atoms with E-state index in [0.717, 1.165) is 82.5 Å². The average molecular weight is 962 g/mol. The molecule has 6 heterocycles. The number of carbonyl (C=O) groups is 5. The first-order valence-corrected chi connectivity index (χ1v) is 24.7. The van der Waals surface area contributed by atoms with E-state index < -0.39 is 29.5 Å². The third kappa shape index (κ3) is 12.3. The third-order valence-corrected chi connectivity index (χ3v) is 13.9. The lowest BCUT2D eigenvalue weighted by Gasteiger charge is -2.36. The molecule has 3 saturated heterocycles. The lowest BCUT2D eigenvalue weighted by Crippen LogP contribution is -2.61. The smallest absolute Gasteiger partial charge is 0.324 e. The van der Waals surface area contributed by atoms with Crippen molar-refractivity contribution in [2.45, 2.75) is 117 Å². The predicted molar refractivity (Wildman–Crippen MR) is 273 cm³/mol. The first-order chi connectivity index (χ1) is 33.5. The quantitative estimate of drug-likeness (QED) is 0.0996. The predicted octanol–water partition coefficient (Wildman–Crippen LogP) is 6.61. The lowest BCUT2D eigenvalue weighted by molar-refractivity contribution is -0.155. The molecular formula is C55H75N7O8. The molecule has 0 aliphatic carbocycles. The number of rotatable bonds is 10. The number of nitrogens with one attached hydrogen (secondary N) is 2. The molecule has 2 aromatic heterocycles. The van der Waals surface area contributed by atoms with Gasteiger partial charge < -0.3 is 28.9 Å². The van der Waals surface area contributed by atoms with Crippen molar-refractivity contribution in [1.82, 2.24) is 35.1 Å². The van der Waals surface area contributed by atoms with Crippen LogP contribution >= 0.6 is 0 Å². The van der Waals surface area contributed by atoms with Gasteiger partial charge in [0.2, 0.25) is 5.91 Å².